The number of imidazole rings is 1. The summed E-state index contributed by atoms with van der Waals surface area (Å²) in [7, 11) is 0. The summed E-state index contributed by atoms with van der Waals surface area (Å²) in [6, 6.07) is 20.5. The van der Waals surface area contributed by atoms with Gasteiger partial charge >= 0.3 is 0 Å². The van der Waals surface area contributed by atoms with E-state index in [-0.39, 0.29) is 0 Å². The van der Waals surface area contributed by atoms with Gasteiger partial charge in [-0.2, -0.15) is 0 Å². The summed E-state index contributed by atoms with van der Waals surface area (Å²) in [5.74, 6) is 0.181. The van der Waals surface area contributed by atoms with Crippen LogP contribution in [0.25, 0.3) is 16.9 Å². The Balaban J connectivity index is 1.81. The van der Waals surface area contributed by atoms with E-state index in [4.69, 9.17) is 10.7 Å². The van der Waals surface area contributed by atoms with Gasteiger partial charge in [0.1, 0.15) is 11.3 Å². The van der Waals surface area contributed by atoms with Crippen LogP contribution in [0.15, 0.2) is 83.2 Å². The monoisotopic (exact) mass is 355 g/mol. The SMILES string of the molecule is Cc1ccc2nc(-c3ccccc3)c(N=Nc3ccc(C(N)=O)cc3)n2c1. The number of amides is 1. The van der Waals surface area contributed by atoms with Crippen molar-refractivity contribution in [3.05, 3.63) is 84.1 Å². The van der Waals surface area contributed by atoms with E-state index >= 15 is 0 Å². The zero-order valence-electron chi connectivity index (χ0n) is 14.7. The van der Waals surface area contributed by atoms with E-state index in [9.17, 15) is 4.79 Å². The molecule has 6 heteroatoms. The van der Waals surface area contributed by atoms with Crippen molar-refractivity contribution in [2.75, 3.05) is 0 Å². The topological polar surface area (TPSA) is 85.1 Å². The van der Waals surface area contributed by atoms with Crippen LogP contribution in [0.2, 0.25) is 0 Å². The lowest BCUT2D eigenvalue weighted by Gasteiger charge is -2.01. The minimum atomic E-state index is -0.470. The van der Waals surface area contributed by atoms with Gasteiger partial charge in [-0.15, -0.1) is 10.2 Å². The van der Waals surface area contributed by atoms with Gasteiger partial charge in [-0.1, -0.05) is 36.4 Å². The number of primary amides is 1. The number of pyridine rings is 1. The Morgan fingerprint density at radius 1 is 0.963 bits per heavy atom. The molecule has 0 saturated heterocycles. The fraction of sp³-hybridized carbons (Fsp3) is 0.0476. The smallest absolute Gasteiger partial charge is 0.248 e. The number of aryl methyl sites for hydroxylation is 1. The van der Waals surface area contributed by atoms with Crippen molar-refractivity contribution >= 4 is 23.1 Å². The largest absolute Gasteiger partial charge is 0.366 e. The Labute approximate surface area is 156 Å². The molecule has 2 aromatic heterocycles. The standard InChI is InChI=1S/C21H17N5O/c1-14-7-12-18-23-19(15-5-3-2-4-6-15)21(26(18)13-14)25-24-17-10-8-16(9-11-17)20(22)27/h2-13H,1H3,(H2,22,27). The van der Waals surface area contributed by atoms with Crippen LogP contribution in [0, 0.1) is 6.92 Å². The van der Waals surface area contributed by atoms with Crippen LogP contribution in [-0.2, 0) is 0 Å². The van der Waals surface area contributed by atoms with E-state index in [0.717, 1.165) is 22.5 Å². The van der Waals surface area contributed by atoms with Crippen molar-refractivity contribution in [2.45, 2.75) is 6.92 Å². The van der Waals surface area contributed by atoms with Crippen molar-refractivity contribution in [1.82, 2.24) is 9.38 Å². The first kappa shape index (κ1) is 16.7. The molecule has 0 bridgehead atoms. The number of nitrogens with two attached hydrogens (primary N) is 1. The van der Waals surface area contributed by atoms with Crippen molar-refractivity contribution < 1.29 is 4.79 Å². The van der Waals surface area contributed by atoms with Crippen LogP contribution in [0.1, 0.15) is 15.9 Å². The molecule has 0 unspecified atom stereocenters. The molecular formula is C21H17N5O. The second kappa shape index (κ2) is 6.84. The lowest BCUT2D eigenvalue weighted by atomic mass is 10.1. The van der Waals surface area contributed by atoms with Gasteiger partial charge in [0.2, 0.25) is 5.91 Å². The number of carbonyl (C=O) groups is 1. The van der Waals surface area contributed by atoms with Crippen LogP contribution < -0.4 is 5.73 Å². The average Bonchev–Trinajstić information content (AvgIpc) is 3.05. The number of rotatable bonds is 4. The third kappa shape index (κ3) is 3.32. The Morgan fingerprint density at radius 2 is 1.70 bits per heavy atom. The Hall–Kier alpha value is -3.80. The fourth-order valence-corrected chi connectivity index (χ4v) is 2.82. The molecule has 6 nitrogen and oxygen atoms in total. The van der Waals surface area contributed by atoms with Crippen molar-refractivity contribution in [2.24, 2.45) is 16.0 Å². The van der Waals surface area contributed by atoms with Crippen molar-refractivity contribution in [1.29, 1.82) is 0 Å². The number of benzene rings is 2. The minimum absolute atomic E-state index is 0.435. The molecular weight excluding hydrogens is 338 g/mol. The van der Waals surface area contributed by atoms with E-state index in [1.807, 2.05) is 60.0 Å². The highest BCUT2D eigenvalue weighted by atomic mass is 16.1. The van der Waals surface area contributed by atoms with Crippen LogP contribution >= 0.6 is 0 Å². The van der Waals surface area contributed by atoms with Gasteiger partial charge in [0.25, 0.3) is 0 Å². The Bertz CT molecular complexity index is 1140. The molecule has 0 aliphatic carbocycles. The van der Waals surface area contributed by atoms with Gasteiger partial charge in [-0.3, -0.25) is 9.20 Å². The number of nitrogens with zero attached hydrogens (tertiary/aromatic N) is 4. The van der Waals surface area contributed by atoms with E-state index in [0.29, 0.717) is 17.1 Å². The number of hydrogen-bond acceptors (Lipinski definition) is 4. The Morgan fingerprint density at radius 3 is 2.41 bits per heavy atom. The molecule has 0 aliphatic heterocycles. The molecule has 2 aromatic carbocycles. The summed E-state index contributed by atoms with van der Waals surface area (Å²) in [6.07, 6.45) is 1.99. The molecule has 0 atom stereocenters. The first-order chi connectivity index (χ1) is 13.1. The number of azo groups is 1. The number of carbonyl (C=O) groups excluding carboxylic acids is 1. The molecule has 0 spiro atoms. The molecule has 0 aliphatic rings. The van der Waals surface area contributed by atoms with E-state index in [1.54, 1.807) is 24.3 Å². The maximum Gasteiger partial charge on any atom is 0.248 e. The minimum Gasteiger partial charge on any atom is -0.366 e. The first-order valence-electron chi connectivity index (χ1n) is 8.47. The summed E-state index contributed by atoms with van der Waals surface area (Å²) < 4.78 is 1.93. The highest BCUT2D eigenvalue weighted by Gasteiger charge is 2.14. The van der Waals surface area contributed by atoms with Crippen LogP contribution in [0.4, 0.5) is 11.5 Å². The van der Waals surface area contributed by atoms with Crippen LogP contribution in [0.5, 0.6) is 0 Å². The third-order valence-corrected chi connectivity index (χ3v) is 4.20. The highest BCUT2D eigenvalue weighted by Crippen LogP contribution is 2.32. The molecule has 4 rings (SSSR count). The molecule has 132 valence electrons. The first-order valence-corrected chi connectivity index (χ1v) is 8.47. The summed E-state index contributed by atoms with van der Waals surface area (Å²) in [6.45, 7) is 2.02. The normalized spacial score (nSPS) is 11.3. The van der Waals surface area contributed by atoms with Crippen LogP contribution in [-0.4, -0.2) is 15.3 Å². The van der Waals surface area contributed by atoms with Gasteiger partial charge < -0.3 is 5.73 Å². The van der Waals surface area contributed by atoms with E-state index in [1.165, 1.54) is 0 Å². The van der Waals surface area contributed by atoms with Gasteiger partial charge in [0.05, 0.1) is 5.69 Å². The summed E-state index contributed by atoms with van der Waals surface area (Å²) in [4.78, 5) is 15.9. The lowest BCUT2D eigenvalue weighted by molar-refractivity contribution is 0.100. The number of fused-ring (bicyclic) bond motifs is 1. The number of hydrogen-bond donors (Lipinski definition) is 1. The molecule has 0 radical (unpaired) electrons. The van der Waals surface area contributed by atoms with Crippen molar-refractivity contribution in [3.63, 3.8) is 0 Å². The summed E-state index contributed by atoms with van der Waals surface area (Å²) >= 11 is 0. The predicted molar refractivity (Wildman–Crippen MR) is 105 cm³/mol. The molecule has 0 saturated carbocycles. The van der Waals surface area contributed by atoms with E-state index < -0.39 is 5.91 Å². The van der Waals surface area contributed by atoms with Crippen molar-refractivity contribution in [3.8, 4) is 11.3 Å². The van der Waals surface area contributed by atoms with Gasteiger partial charge in [0, 0.05) is 17.3 Å². The molecule has 4 aromatic rings. The Kier molecular flexibility index (Phi) is 4.22. The average molecular weight is 355 g/mol. The fourth-order valence-electron chi connectivity index (χ4n) is 2.82. The second-order valence-electron chi connectivity index (χ2n) is 6.20. The van der Waals surface area contributed by atoms with Gasteiger partial charge in [-0.25, -0.2) is 4.98 Å². The second-order valence-corrected chi connectivity index (χ2v) is 6.20. The maximum atomic E-state index is 11.2. The predicted octanol–water partition coefficient (Wildman–Crippen LogP) is 4.82. The molecule has 1 amide bonds. The highest BCUT2D eigenvalue weighted by molar-refractivity contribution is 5.93. The maximum absolute atomic E-state index is 11.2. The van der Waals surface area contributed by atoms with Crippen LogP contribution in [0.3, 0.4) is 0 Å². The molecule has 2 heterocycles. The molecule has 2 N–H and O–H groups in total. The number of aromatic nitrogens is 2. The molecule has 27 heavy (non-hydrogen) atoms. The van der Waals surface area contributed by atoms with Gasteiger partial charge in [-0.05, 0) is 42.8 Å². The zero-order chi connectivity index (χ0) is 18.8. The third-order valence-electron chi connectivity index (χ3n) is 4.20. The molecule has 0 fully saturated rings. The zero-order valence-corrected chi connectivity index (χ0v) is 14.7. The van der Waals surface area contributed by atoms with E-state index in [2.05, 4.69) is 10.2 Å². The lowest BCUT2D eigenvalue weighted by Crippen LogP contribution is -2.10. The summed E-state index contributed by atoms with van der Waals surface area (Å²) in [5.41, 5.74) is 9.97. The van der Waals surface area contributed by atoms with Gasteiger partial charge in [0.15, 0.2) is 5.82 Å². The quantitative estimate of drug-likeness (QED) is 0.532. The summed E-state index contributed by atoms with van der Waals surface area (Å²) in [5, 5.41) is 8.79.